The molecule has 1 N–H and O–H groups in total. The number of benzene rings is 1. The predicted octanol–water partition coefficient (Wildman–Crippen LogP) is 0.831. The van der Waals surface area contributed by atoms with Crippen molar-refractivity contribution in [3.8, 4) is 11.5 Å². The van der Waals surface area contributed by atoms with Crippen LogP contribution in [-0.2, 0) is 20.7 Å². The zero-order valence-corrected chi connectivity index (χ0v) is 13.5. The summed E-state index contributed by atoms with van der Waals surface area (Å²) in [7, 11) is 0. The molecule has 0 aromatic heterocycles. The van der Waals surface area contributed by atoms with Gasteiger partial charge in [-0.2, -0.15) is 0 Å². The first kappa shape index (κ1) is 16.1. The lowest BCUT2D eigenvalue weighted by Gasteiger charge is -2.21. The van der Waals surface area contributed by atoms with Crippen LogP contribution >= 0.6 is 0 Å². The van der Waals surface area contributed by atoms with Crippen molar-refractivity contribution in [2.45, 2.75) is 25.8 Å². The van der Waals surface area contributed by atoms with Crippen molar-refractivity contribution in [1.82, 2.24) is 10.2 Å². The van der Waals surface area contributed by atoms with Crippen LogP contribution in [0.25, 0.3) is 0 Å². The third kappa shape index (κ3) is 2.86. The second-order valence-electron chi connectivity index (χ2n) is 5.82. The lowest BCUT2D eigenvalue weighted by atomic mass is 9.92. The summed E-state index contributed by atoms with van der Waals surface area (Å²) in [6.07, 6.45) is 0.271. The van der Waals surface area contributed by atoms with Crippen LogP contribution in [0, 0.1) is 0 Å². The van der Waals surface area contributed by atoms with Crippen molar-refractivity contribution in [2.24, 2.45) is 0 Å². The zero-order chi connectivity index (χ0) is 17.3. The summed E-state index contributed by atoms with van der Waals surface area (Å²) in [4.78, 5) is 37.1. The molecule has 0 unspecified atom stereocenters. The largest absolute Gasteiger partial charge is 0.465 e. The van der Waals surface area contributed by atoms with Gasteiger partial charge in [0.2, 0.25) is 6.79 Å². The van der Waals surface area contributed by atoms with Gasteiger partial charge in [-0.1, -0.05) is 6.07 Å². The number of carbonyl (C=O) groups excluding carboxylic acids is 3. The highest BCUT2D eigenvalue weighted by atomic mass is 16.7. The molecule has 0 aliphatic carbocycles. The summed E-state index contributed by atoms with van der Waals surface area (Å²) < 4.78 is 15.4. The molecular formula is C16H18N2O6. The fourth-order valence-electron chi connectivity index (χ4n) is 2.81. The number of nitrogens with one attached hydrogen (secondary N) is 1. The van der Waals surface area contributed by atoms with E-state index >= 15 is 0 Å². The van der Waals surface area contributed by atoms with E-state index in [-0.39, 0.29) is 19.8 Å². The van der Waals surface area contributed by atoms with Crippen LogP contribution in [0.2, 0.25) is 0 Å². The van der Waals surface area contributed by atoms with E-state index < -0.39 is 30.0 Å². The SMILES string of the molecule is CCOC(=O)CN1C(=O)N[C@@](C)(Cc2ccc3c(c2)OCO3)C1=O. The topological polar surface area (TPSA) is 94.2 Å². The minimum atomic E-state index is -1.13. The highest BCUT2D eigenvalue weighted by molar-refractivity contribution is 6.08. The predicted molar refractivity (Wildman–Crippen MR) is 81.6 cm³/mol. The molecule has 1 aromatic rings. The van der Waals surface area contributed by atoms with Gasteiger partial charge in [0.1, 0.15) is 12.1 Å². The molecule has 3 rings (SSSR count). The standard InChI is InChI=1S/C16H18N2O6/c1-3-22-13(19)8-18-14(20)16(2,17-15(18)21)7-10-4-5-11-12(6-10)24-9-23-11/h4-6H,3,7-9H2,1-2H3,(H,17,21)/t16-/m0/s1. The molecule has 0 bridgehead atoms. The number of nitrogens with zero attached hydrogens (tertiary/aromatic N) is 1. The number of esters is 1. The molecule has 8 nitrogen and oxygen atoms in total. The number of urea groups is 1. The first-order valence-corrected chi connectivity index (χ1v) is 7.61. The first-order chi connectivity index (χ1) is 11.4. The first-order valence-electron chi connectivity index (χ1n) is 7.61. The van der Waals surface area contributed by atoms with Gasteiger partial charge >= 0.3 is 12.0 Å². The Hall–Kier alpha value is -2.77. The fourth-order valence-corrected chi connectivity index (χ4v) is 2.81. The number of hydrogen-bond donors (Lipinski definition) is 1. The minimum Gasteiger partial charge on any atom is -0.465 e. The molecule has 0 saturated carbocycles. The van der Waals surface area contributed by atoms with Crippen LogP contribution < -0.4 is 14.8 Å². The summed E-state index contributed by atoms with van der Waals surface area (Å²) in [6, 6.07) is 4.75. The van der Waals surface area contributed by atoms with Crippen molar-refractivity contribution < 1.29 is 28.6 Å². The van der Waals surface area contributed by atoms with Gasteiger partial charge < -0.3 is 19.5 Å². The summed E-state index contributed by atoms with van der Waals surface area (Å²) >= 11 is 0. The summed E-state index contributed by atoms with van der Waals surface area (Å²) in [5.41, 5.74) is -0.314. The lowest BCUT2D eigenvalue weighted by Crippen LogP contribution is -2.46. The normalized spacial score (nSPS) is 21.8. The smallest absolute Gasteiger partial charge is 0.326 e. The van der Waals surface area contributed by atoms with Crippen LogP contribution in [0.5, 0.6) is 11.5 Å². The summed E-state index contributed by atoms with van der Waals surface area (Å²) in [6.45, 7) is 3.25. The van der Waals surface area contributed by atoms with Crippen molar-refractivity contribution in [3.63, 3.8) is 0 Å². The average Bonchev–Trinajstić information content (AvgIpc) is 3.06. The van der Waals surface area contributed by atoms with Crippen LogP contribution in [-0.4, -0.2) is 48.3 Å². The molecule has 2 aliphatic rings. The molecule has 2 aliphatic heterocycles. The van der Waals surface area contributed by atoms with Gasteiger partial charge in [0.25, 0.3) is 5.91 Å². The zero-order valence-electron chi connectivity index (χ0n) is 13.5. The summed E-state index contributed by atoms with van der Waals surface area (Å²) in [5, 5.41) is 2.65. The second kappa shape index (κ2) is 6.03. The maximum absolute atomic E-state index is 12.6. The van der Waals surface area contributed by atoms with E-state index in [2.05, 4.69) is 5.32 Å². The maximum Gasteiger partial charge on any atom is 0.326 e. The van der Waals surface area contributed by atoms with Gasteiger partial charge in [0, 0.05) is 6.42 Å². The van der Waals surface area contributed by atoms with E-state index in [9.17, 15) is 14.4 Å². The third-order valence-electron chi connectivity index (χ3n) is 3.93. The van der Waals surface area contributed by atoms with E-state index in [1.165, 1.54) is 0 Å². The Bertz CT molecular complexity index is 704. The maximum atomic E-state index is 12.6. The molecule has 24 heavy (non-hydrogen) atoms. The molecule has 128 valence electrons. The van der Waals surface area contributed by atoms with Gasteiger partial charge in [0.15, 0.2) is 11.5 Å². The molecule has 0 radical (unpaired) electrons. The molecular weight excluding hydrogens is 316 g/mol. The molecule has 3 amide bonds. The van der Waals surface area contributed by atoms with Crippen molar-refractivity contribution >= 4 is 17.9 Å². The van der Waals surface area contributed by atoms with Gasteiger partial charge in [-0.25, -0.2) is 4.79 Å². The number of ether oxygens (including phenoxy) is 3. The summed E-state index contributed by atoms with van der Waals surface area (Å²) in [5.74, 6) is 0.178. The van der Waals surface area contributed by atoms with E-state index in [0.29, 0.717) is 11.5 Å². The number of rotatable bonds is 5. The van der Waals surface area contributed by atoms with Crippen LogP contribution in [0.1, 0.15) is 19.4 Å². The Morgan fingerprint density at radius 2 is 2.08 bits per heavy atom. The monoisotopic (exact) mass is 334 g/mol. The molecule has 2 heterocycles. The number of imide groups is 1. The second-order valence-corrected chi connectivity index (χ2v) is 5.82. The van der Waals surface area contributed by atoms with Crippen LogP contribution in [0.15, 0.2) is 18.2 Å². The Balaban J connectivity index is 1.74. The van der Waals surface area contributed by atoms with Gasteiger partial charge in [0.05, 0.1) is 6.61 Å². The van der Waals surface area contributed by atoms with Gasteiger partial charge in [-0.3, -0.25) is 14.5 Å². The Morgan fingerprint density at radius 3 is 2.83 bits per heavy atom. The van der Waals surface area contributed by atoms with Gasteiger partial charge in [-0.05, 0) is 31.5 Å². The van der Waals surface area contributed by atoms with Crippen LogP contribution in [0.3, 0.4) is 0 Å². The van der Waals surface area contributed by atoms with E-state index in [1.54, 1.807) is 26.0 Å². The molecule has 1 atom stereocenters. The number of carbonyl (C=O) groups is 3. The Morgan fingerprint density at radius 1 is 1.33 bits per heavy atom. The molecule has 1 saturated heterocycles. The number of amides is 3. The van der Waals surface area contributed by atoms with Gasteiger partial charge in [-0.15, -0.1) is 0 Å². The molecule has 8 heteroatoms. The molecule has 1 fully saturated rings. The van der Waals surface area contributed by atoms with Crippen molar-refractivity contribution in [1.29, 1.82) is 0 Å². The Kier molecular flexibility index (Phi) is 4.04. The number of fused-ring (bicyclic) bond motifs is 1. The lowest BCUT2D eigenvalue weighted by molar-refractivity contribution is -0.147. The fraction of sp³-hybridized carbons (Fsp3) is 0.438. The third-order valence-corrected chi connectivity index (χ3v) is 3.93. The van der Waals surface area contributed by atoms with Crippen LogP contribution in [0.4, 0.5) is 4.79 Å². The average molecular weight is 334 g/mol. The molecule has 0 spiro atoms. The highest BCUT2D eigenvalue weighted by Gasteiger charge is 2.48. The van der Waals surface area contributed by atoms with Crippen molar-refractivity contribution in [2.75, 3.05) is 19.9 Å². The van der Waals surface area contributed by atoms with E-state index in [1.807, 2.05) is 6.07 Å². The van der Waals surface area contributed by atoms with E-state index in [4.69, 9.17) is 14.2 Å². The minimum absolute atomic E-state index is 0.166. The van der Waals surface area contributed by atoms with Crippen molar-refractivity contribution in [3.05, 3.63) is 23.8 Å². The molecule has 1 aromatic carbocycles. The highest BCUT2D eigenvalue weighted by Crippen LogP contribution is 2.34. The van der Waals surface area contributed by atoms with E-state index in [0.717, 1.165) is 10.5 Å². The quantitative estimate of drug-likeness (QED) is 0.633. The number of hydrogen-bond acceptors (Lipinski definition) is 6. The Labute approximate surface area is 138 Å².